The third-order valence-electron chi connectivity index (χ3n) is 5.39. The number of ether oxygens (including phenoxy) is 1. The highest BCUT2D eigenvalue weighted by Crippen LogP contribution is 2.27. The zero-order chi connectivity index (χ0) is 21.8. The van der Waals surface area contributed by atoms with Gasteiger partial charge in [-0.05, 0) is 37.5 Å². The summed E-state index contributed by atoms with van der Waals surface area (Å²) in [5.41, 5.74) is 4.61. The van der Waals surface area contributed by atoms with Gasteiger partial charge in [0.1, 0.15) is 0 Å². The van der Waals surface area contributed by atoms with Gasteiger partial charge in [-0.1, -0.05) is 19.9 Å². The van der Waals surface area contributed by atoms with Crippen molar-refractivity contribution >= 4 is 28.5 Å². The molecule has 3 aromatic heterocycles. The van der Waals surface area contributed by atoms with E-state index < -0.39 is 0 Å². The van der Waals surface area contributed by atoms with Gasteiger partial charge in [0.25, 0.3) is 5.91 Å². The molecule has 162 valence electrons. The van der Waals surface area contributed by atoms with Gasteiger partial charge < -0.3 is 15.0 Å². The van der Waals surface area contributed by atoms with Gasteiger partial charge in [-0.25, -0.2) is 9.50 Å². The third-order valence-corrected chi connectivity index (χ3v) is 5.39. The van der Waals surface area contributed by atoms with E-state index in [9.17, 15) is 4.79 Å². The fourth-order valence-corrected chi connectivity index (χ4v) is 3.89. The Morgan fingerprint density at radius 1 is 1.32 bits per heavy atom. The highest BCUT2D eigenvalue weighted by Gasteiger charge is 2.21. The zero-order valence-corrected chi connectivity index (χ0v) is 18.2. The van der Waals surface area contributed by atoms with Crippen LogP contribution < -0.4 is 10.2 Å². The third kappa shape index (κ3) is 4.44. The molecular weight excluding hydrogens is 392 g/mol. The number of hydrogen-bond donors (Lipinski definition) is 1. The quantitative estimate of drug-likeness (QED) is 0.653. The van der Waals surface area contributed by atoms with E-state index in [2.05, 4.69) is 40.2 Å². The number of nitrogens with one attached hydrogen (secondary N) is 1. The van der Waals surface area contributed by atoms with E-state index in [-0.39, 0.29) is 12.0 Å². The number of amides is 1. The fraction of sp³-hybridized carbons (Fsp3) is 0.391. The Bertz CT molecular complexity index is 1110. The van der Waals surface area contributed by atoms with Crippen LogP contribution in [-0.4, -0.2) is 51.3 Å². The van der Waals surface area contributed by atoms with Crippen molar-refractivity contribution in [1.82, 2.24) is 19.6 Å². The molecule has 1 aliphatic heterocycles. The van der Waals surface area contributed by atoms with Crippen LogP contribution in [0.3, 0.4) is 0 Å². The van der Waals surface area contributed by atoms with E-state index in [1.807, 2.05) is 19.2 Å². The lowest BCUT2D eigenvalue weighted by Gasteiger charge is -2.33. The zero-order valence-electron chi connectivity index (χ0n) is 18.2. The van der Waals surface area contributed by atoms with Gasteiger partial charge in [-0.3, -0.25) is 9.78 Å². The van der Waals surface area contributed by atoms with E-state index in [0.29, 0.717) is 23.5 Å². The largest absolute Gasteiger partial charge is 0.375 e. The Morgan fingerprint density at radius 2 is 2.19 bits per heavy atom. The number of aromatic nitrogens is 4. The van der Waals surface area contributed by atoms with Crippen LogP contribution in [0.25, 0.3) is 11.2 Å². The summed E-state index contributed by atoms with van der Waals surface area (Å²) in [6.45, 7) is 8.44. The summed E-state index contributed by atoms with van der Waals surface area (Å²) < 4.78 is 7.31. The van der Waals surface area contributed by atoms with E-state index >= 15 is 0 Å². The second kappa shape index (κ2) is 9.26. The number of carbonyl (C=O) groups excluding carboxylic acids is 1. The van der Waals surface area contributed by atoms with Gasteiger partial charge in [0.2, 0.25) is 0 Å². The molecule has 0 radical (unpaired) electrons. The molecule has 0 saturated carbocycles. The molecule has 1 N–H and O–H groups in total. The van der Waals surface area contributed by atoms with Crippen molar-refractivity contribution in [1.29, 1.82) is 0 Å². The fourth-order valence-electron chi connectivity index (χ4n) is 3.89. The molecule has 1 atom stereocenters. The molecule has 0 aromatic carbocycles. The van der Waals surface area contributed by atoms with Crippen LogP contribution in [0.4, 0.5) is 11.4 Å². The van der Waals surface area contributed by atoms with Crippen LogP contribution in [0.5, 0.6) is 0 Å². The summed E-state index contributed by atoms with van der Waals surface area (Å²) in [6, 6.07) is 3.62. The van der Waals surface area contributed by atoms with Gasteiger partial charge in [0, 0.05) is 25.5 Å². The molecule has 1 unspecified atom stereocenters. The second-order valence-electron chi connectivity index (χ2n) is 7.60. The van der Waals surface area contributed by atoms with E-state index in [0.717, 1.165) is 42.9 Å². The highest BCUT2D eigenvalue weighted by molar-refractivity contribution is 6.09. The number of carbonyl (C=O) groups is 1. The van der Waals surface area contributed by atoms with Crippen LogP contribution >= 0.6 is 0 Å². The first kappa shape index (κ1) is 21.0. The summed E-state index contributed by atoms with van der Waals surface area (Å²) in [5, 5.41) is 7.37. The van der Waals surface area contributed by atoms with E-state index in [4.69, 9.17) is 9.72 Å². The lowest BCUT2D eigenvalue weighted by Crippen LogP contribution is -2.41. The monoisotopic (exact) mass is 420 g/mol. The Hall–Kier alpha value is -3.26. The van der Waals surface area contributed by atoms with Crippen LogP contribution in [0, 0.1) is 0 Å². The minimum Gasteiger partial charge on any atom is -0.375 e. The lowest BCUT2D eigenvalue weighted by atomic mass is 10.1. The molecule has 3 aromatic rings. The predicted octanol–water partition coefficient (Wildman–Crippen LogP) is 3.81. The van der Waals surface area contributed by atoms with Crippen molar-refractivity contribution in [2.24, 2.45) is 0 Å². The summed E-state index contributed by atoms with van der Waals surface area (Å²) in [7, 11) is 0. The molecular formula is C23H28N6O2. The summed E-state index contributed by atoms with van der Waals surface area (Å²) in [4.78, 5) is 24.4. The Balaban J connectivity index is 1.64. The van der Waals surface area contributed by atoms with Crippen LogP contribution in [0.2, 0.25) is 0 Å². The molecule has 0 bridgehead atoms. The molecule has 8 heteroatoms. The number of anilines is 2. The van der Waals surface area contributed by atoms with Gasteiger partial charge >= 0.3 is 0 Å². The normalized spacial score (nSPS) is 17.2. The molecule has 4 rings (SSSR count). The molecule has 0 aliphatic carbocycles. The molecule has 1 amide bonds. The number of allylic oxidation sites excluding steroid dienone is 2. The number of pyridine rings is 1. The average Bonchev–Trinajstić information content (AvgIpc) is 3.22. The Morgan fingerprint density at radius 3 is 2.97 bits per heavy atom. The van der Waals surface area contributed by atoms with Gasteiger partial charge in [0.05, 0.1) is 47.7 Å². The van der Waals surface area contributed by atoms with E-state index in [1.165, 1.54) is 0 Å². The van der Waals surface area contributed by atoms with Crippen molar-refractivity contribution in [3.8, 4) is 0 Å². The molecule has 1 saturated heterocycles. The predicted molar refractivity (Wildman–Crippen MR) is 121 cm³/mol. The number of rotatable bonds is 6. The minimum atomic E-state index is -0.238. The van der Waals surface area contributed by atoms with Gasteiger partial charge in [0.15, 0.2) is 5.65 Å². The molecule has 4 heterocycles. The SMILES string of the molecule is CC/C=C(\CC)c1cn2nccc(C(=O)Nc3cnccc3N3CCOC(C)C3)c2n1. The van der Waals surface area contributed by atoms with Crippen molar-refractivity contribution in [2.75, 3.05) is 29.9 Å². The maximum Gasteiger partial charge on any atom is 0.259 e. The van der Waals surface area contributed by atoms with Gasteiger partial charge in [-0.15, -0.1) is 0 Å². The van der Waals surface area contributed by atoms with Crippen molar-refractivity contribution in [3.63, 3.8) is 0 Å². The second-order valence-corrected chi connectivity index (χ2v) is 7.60. The van der Waals surface area contributed by atoms with Crippen molar-refractivity contribution in [2.45, 2.75) is 39.7 Å². The number of nitrogens with zero attached hydrogens (tertiary/aromatic N) is 5. The lowest BCUT2D eigenvalue weighted by molar-refractivity contribution is 0.0533. The Kier molecular flexibility index (Phi) is 6.27. The molecule has 0 spiro atoms. The van der Waals surface area contributed by atoms with Crippen molar-refractivity contribution < 1.29 is 9.53 Å². The van der Waals surface area contributed by atoms with Crippen LogP contribution in [0.1, 0.15) is 49.7 Å². The van der Waals surface area contributed by atoms with Crippen LogP contribution in [0.15, 0.2) is 43.0 Å². The maximum absolute atomic E-state index is 13.2. The van der Waals surface area contributed by atoms with Crippen molar-refractivity contribution in [3.05, 3.63) is 54.3 Å². The minimum absolute atomic E-state index is 0.137. The average molecular weight is 421 g/mol. The molecule has 8 nitrogen and oxygen atoms in total. The summed E-state index contributed by atoms with van der Waals surface area (Å²) in [6.07, 6.45) is 11.0. The van der Waals surface area contributed by atoms with Crippen LogP contribution in [-0.2, 0) is 4.74 Å². The number of imidazole rings is 1. The first-order valence-electron chi connectivity index (χ1n) is 10.8. The highest BCUT2D eigenvalue weighted by atomic mass is 16.5. The molecule has 31 heavy (non-hydrogen) atoms. The van der Waals surface area contributed by atoms with E-state index in [1.54, 1.807) is 29.2 Å². The maximum atomic E-state index is 13.2. The number of morpholine rings is 1. The first-order chi connectivity index (χ1) is 15.1. The van der Waals surface area contributed by atoms with Gasteiger partial charge in [-0.2, -0.15) is 5.10 Å². The first-order valence-corrected chi connectivity index (χ1v) is 10.8. The summed E-state index contributed by atoms with van der Waals surface area (Å²) in [5.74, 6) is -0.238. The standard InChI is InChI=1S/C23H28N6O2/c1-4-6-17(5-2)20-15-29-22(26-20)18(7-10-25-29)23(30)27-19-13-24-9-8-21(19)28-11-12-31-16(3)14-28/h6-10,13,15-16H,4-5,11-12,14H2,1-3H3,(H,27,30)/b17-6+. The molecule has 1 fully saturated rings. The Labute approximate surface area is 182 Å². The summed E-state index contributed by atoms with van der Waals surface area (Å²) >= 11 is 0. The number of hydrogen-bond acceptors (Lipinski definition) is 6. The number of fused-ring (bicyclic) bond motifs is 1. The topological polar surface area (TPSA) is 84.7 Å². The molecule has 1 aliphatic rings. The smallest absolute Gasteiger partial charge is 0.259 e.